The molecule has 1 aromatic carbocycles. The molecule has 5 aliphatic heterocycles. The maximum absolute atomic E-state index is 16.6. The normalized spacial score (nSPS) is 29.5. The Kier molecular flexibility index (Phi) is 6.35. The van der Waals surface area contributed by atoms with E-state index in [2.05, 4.69) is 20.2 Å². The van der Waals surface area contributed by atoms with E-state index < -0.39 is 51.3 Å². The number of ether oxygens (including phenoxy) is 2. The quantitative estimate of drug-likeness (QED) is 0.388. The number of alkyl halides is 4. The molecule has 9 nitrogen and oxygen atoms in total. The maximum Gasteiger partial charge on any atom is 0.418 e. The third-order valence-corrected chi connectivity index (χ3v) is 10.1. The van der Waals surface area contributed by atoms with E-state index in [1.165, 1.54) is 0 Å². The van der Waals surface area contributed by atoms with Gasteiger partial charge in [-0.25, -0.2) is 13.8 Å². The molecule has 8 rings (SSSR count). The van der Waals surface area contributed by atoms with Gasteiger partial charge in [-0.3, -0.25) is 4.90 Å². The summed E-state index contributed by atoms with van der Waals surface area (Å²) < 4.78 is 85.8. The van der Waals surface area contributed by atoms with Crippen LogP contribution in [0.2, 0.25) is 5.02 Å². The molecule has 234 valence electrons. The number of phenols is 1. The number of nitrogens with zero attached hydrogens (tertiary/aromatic N) is 5. The lowest BCUT2D eigenvalue weighted by Gasteiger charge is -2.40. The first kappa shape index (κ1) is 28.3. The van der Waals surface area contributed by atoms with Crippen LogP contribution in [0, 0.1) is 5.82 Å². The lowest BCUT2D eigenvalue weighted by molar-refractivity contribution is -0.137. The highest BCUT2D eigenvalue weighted by Gasteiger charge is 2.50. The third kappa shape index (κ3) is 4.35. The fraction of sp³-hybridized carbons (Fsp3) is 0.552. The standard InChI is InChI=1S/C29H28ClF5N6O3/c30-17-7-15(42)6-16(21(17)29(33,34)35)23-22(32)24-20-25(41-10-14-2-3-18(36-14)19(41)11-43-26(20)37-23)39-27(38-24)44-12-28-4-1-5-40(28)9-13(31)8-28/h6-7,13-14,18-19,36,42H,1-5,8-12H2/t13-,14+,18-,19-,28+/m1/s1. The molecule has 0 aliphatic carbocycles. The number of anilines is 1. The summed E-state index contributed by atoms with van der Waals surface area (Å²) in [6.07, 6.45) is -2.22. The molecule has 4 saturated heterocycles. The van der Waals surface area contributed by atoms with Crippen molar-refractivity contribution >= 4 is 28.3 Å². The highest BCUT2D eigenvalue weighted by Crippen LogP contribution is 2.48. The molecule has 44 heavy (non-hydrogen) atoms. The van der Waals surface area contributed by atoms with Crippen LogP contribution in [0.3, 0.4) is 0 Å². The summed E-state index contributed by atoms with van der Waals surface area (Å²) in [6, 6.07) is 1.33. The van der Waals surface area contributed by atoms with Crippen LogP contribution < -0.4 is 19.7 Å². The van der Waals surface area contributed by atoms with E-state index in [-0.39, 0.29) is 54.1 Å². The van der Waals surface area contributed by atoms with Gasteiger partial charge >= 0.3 is 12.2 Å². The first-order chi connectivity index (χ1) is 21.0. The number of rotatable bonds is 4. The van der Waals surface area contributed by atoms with E-state index in [0.29, 0.717) is 25.3 Å². The second-order valence-corrected chi connectivity index (χ2v) is 12.8. The van der Waals surface area contributed by atoms with E-state index in [1.807, 2.05) is 4.90 Å². The van der Waals surface area contributed by atoms with Crippen LogP contribution in [-0.2, 0) is 6.18 Å². The molecular weight excluding hydrogens is 611 g/mol. The molecule has 2 bridgehead atoms. The highest BCUT2D eigenvalue weighted by molar-refractivity contribution is 6.32. The van der Waals surface area contributed by atoms with Crippen molar-refractivity contribution in [2.45, 2.75) is 68.1 Å². The molecule has 4 fully saturated rings. The number of pyridine rings is 1. The molecule has 0 spiro atoms. The Morgan fingerprint density at radius 3 is 2.84 bits per heavy atom. The number of aromatic nitrogens is 3. The number of halogens is 6. The number of fused-ring (bicyclic) bond motifs is 6. The van der Waals surface area contributed by atoms with Gasteiger partial charge in [0.05, 0.1) is 22.2 Å². The maximum atomic E-state index is 16.6. The number of piperazine rings is 1. The number of hydrogen-bond acceptors (Lipinski definition) is 9. The molecule has 3 aromatic rings. The minimum absolute atomic E-state index is 0.0504. The van der Waals surface area contributed by atoms with Gasteiger partial charge in [0.25, 0.3) is 0 Å². The molecule has 0 radical (unpaired) electrons. The zero-order chi connectivity index (χ0) is 30.5. The monoisotopic (exact) mass is 638 g/mol. The van der Waals surface area contributed by atoms with Crippen molar-refractivity contribution in [3.05, 3.63) is 28.5 Å². The molecule has 7 heterocycles. The van der Waals surface area contributed by atoms with Gasteiger partial charge in [-0.15, -0.1) is 0 Å². The third-order valence-electron chi connectivity index (χ3n) is 9.78. The van der Waals surface area contributed by atoms with Crippen molar-refractivity contribution in [2.75, 3.05) is 37.7 Å². The molecular formula is C29H28ClF5N6O3. The van der Waals surface area contributed by atoms with Crippen LogP contribution >= 0.6 is 11.6 Å². The zero-order valence-corrected chi connectivity index (χ0v) is 24.1. The number of benzene rings is 1. The minimum Gasteiger partial charge on any atom is -0.508 e. The average molecular weight is 639 g/mol. The van der Waals surface area contributed by atoms with Gasteiger partial charge in [-0.1, -0.05) is 11.6 Å². The first-order valence-corrected chi connectivity index (χ1v) is 15.1. The van der Waals surface area contributed by atoms with Crippen LogP contribution in [0.25, 0.3) is 22.2 Å². The summed E-state index contributed by atoms with van der Waals surface area (Å²) in [5.74, 6) is -1.58. The van der Waals surface area contributed by atoms with E-state index in [0.717, 1.165) is 44.4 Å². The number of hydrogen-bond donors (Lipinski definition) is 2. The van der Waals surface area contributed by atoms with Gasteiger partial charge in [-0.2, -0.15) is 23.1 Å². The summed E-state index contributed by atoms with van der Waals surface area (Å²) in [6.45, 7) is 1.80. The van der Waals surface area contributed by atoms with Gasteiger partial charge in [-0.05, 0) is 44.4 Å². The Morgan fingerprint density at radius 2 is 2.02 bits per heavy atom. The average Bonchev–Trinajstić information content (AvgIpc) is 3.59. The Morgan fingerprint density at radius 1 is 1.18 bits per heavy atom. The lowest BCUT2D eigenvalue weighted by atomic mass is 9.95. The lowest BCUT2D eigenvalue weighted by Crippen LogP contribution is -2.60. The van der Waals surface area contributed by atoms with E-state index in [9.17, 15) is 22.7 Å². The van der Waals surface area contributed by atoms with Crippen molar-refractivity contribution in [2.24, 2.45) is 0 Å². The van der Waals surface area contributed by atoms with Crippen LogP contribution in [0.1, 0.15) is 37.7 Å². The molecule has 0 amide bonds. The molecule has 2 aromatic heterocycles. The van der Waals surface area contributed by atoms with Crippen molar-refractivity contribution in [1.82, 2.24) is 25.2 Å². The van der Waals surface area contributed by atoms with Crippen molar-refractivity contribution in [1.29, 1.82) is 0 Å². The zero-order valence-electron chi connectivity index (χ0n) is 23.3. The van der Waals surface area contributed by atoms with Gasteiger partial charge in [0.1, 0.15) is 47.5 Å². The van der Waals surface area contributed by atoms with Gasteiger partial charge < -0.3 is 24.8 Å². The molecule has 2 N–H and O–H groups in total. The van der Waals surface area contributed by atoms with E-state index >= 15 is 4.39 Å². The van der Waals surface area contributed by atoms with Gasteiger partial charge in [0.15, 0.2) is 5.82 Å². The predicted molar refractivity (Wildman–Crippen MR) is 150 cm³/mol. The van der Waals surface area contributed by atoms with Crippen molar-refractivity contribution in [3.8, 4) is 28.9 Å². The van der Waals surface area contributed by atoms with Crippen LogP contribution in [0.5, 0.6) is 17.6 Å². The Balaban J connectivity index is 1.31. The summed E-state index contributed by atoms with van der Waals surface area (Å²) in [7, 11) is 0. The number of nitrogens with one attached hydrogen (secondary N) is 1. The van der Waals surface area contributed by atoms with Crippen molar-refractivity contribution < 1.29 is 36.5 Å². The summed E-state index contributed by atoms with van der Waals surface area (Å²) in [5, 5.41) is 13.0. The molecule has 5 aliphatic rings. The van der Waals surface area contributed by atoms with Crippen LogP contribution in [0.15, 0.2) is 12.1 Å². The van der Waals surface area contributed by atoms with Crippen LogP contribution in [0.4, 0.5) is 27.8 Å². The fourth-order valence-corrected chi connectivity index (χ4v) is 8.20. The van der Waals surface area contributed by atoms with Gasteiger partial charge in [0.2, 0.25) is 5.88 Å². The Labute approximate surface area is 253 Å². The predicted octanol–water partition coefficient (Wildman–Crippen LogP) is 4.87. The molecule has 0 saturated carbocycles. The smallest absolute Gasteiger partial charge is 0.418 e. The number of aromatic hydroxyl groups is 1. The fourth-order valence-electron chi connectivity index (χ4n) is 7.88. The Bertz CT molecular complexity index is 1680. The second kappa shape index (κ2) is 9.88. The van der Waals surface area contributed by atoms with E-state index in [4.69, 9.17) is 26.1 Å². The molecule has 0 unspecified atom stereocenters. The SMILES string of the molecule is Oc1cc(Cl)c(C(F)(F)F)c(-c2nc3c4c(nc(OC[C@@]56CCCN5C[C@H](F)C6)nc4c2F)N2C[C@@H]4CC[C@@H](N4)[C@H]2CO3)c1. The van der Waals surface area contributed by atoms with Crippen molar-refractivity contribution in [3.63, 3.8) is 0 Å². The van der Waals surface area contributed by atoms with E-state index in [1.54, 1.807) is 0 Å². The topological polar surface area (TPSA) is 95.9 Å². The number of phenolic OH excluding ortho intramolecular Hbond substituents is 1. The highest BCUT2D eigenvalue weighted by atomic mass is 35.5. The summed E-state index contributed by atoms with van der Waals surface area (Å²) in [4.78, 5) is 17.4. The summed E-state index contributed by atoms with van der Waals surface area (Å²) in [5.41, 5.74) is -3.70. The molecule has 5 atom stereocenters. The summed E-state index contributed by atoms with van der Waals surface area (Å²) >= 11 is 5.93. The minimum atomic E-state index is -4.99. The largest absolute Gasteiger partial charge is 0.508 e. The first-order valence-electron chi connectivity index (χ1n) is 14.7. The molecule has 15 heteroatoms. The van der Waals surface area contributed by atoms with Gasteiger partial charge in [0, 0.05) is 37.2 Å². The Hall–Kier alpha value is -3.23. The van der Waals surface area contributed by atoms with Crippen LogP contribution in [-0.4, -0.2) is 87.6 Å². The second-order valence-electron chi connectivity index (χ2n) is 12.4.